The van der Waals surface area contributed by atoms with Crippen molar-refractivity contribution in [3.05, 3.63) is 16.7 Å². The van der Waals surface area contributed by atoms with E-state index in [-0.39, 0.29) is 52.4 Å². The van der Waals surface area contributed by atoms with Crippen molar-refractivity contribution in [3.8, 4) is 5.88 Å². The zero-order valence-corrected chi connectivity index (χ0v) is 19.5. The summed E-state index contributed by atoms with van der Waals surface area (Å²) in [7, 11) is 3.04. The van der Waals surface area contributed by atoms with Crippen LogP contribution in [0.15, 0.2) is 6.07 Å². The number of likely N-dealkylation sites (tertiary alicyclic amines) is 1. The summed E-state index contributed by atoms with van der Waals surface area (Å²) in [5, 5.41) is 3.18. The van der Waals surface area contributed by atoms with Crippen LogP contribution in [-0.4, -0.2) is 73.9 Å². The molecule has 2 heterocycles. The second kappa shape index (κ2) is 11.7. The van der Waals surface area contributed by atoms with Crippen molar-refractivity contribution >= 4 is 29.3 Å². The Balaban J connectivity index is 1.50. The maximum absolute atomic E-state index is 12.8. The van der Waals surface area contributed by atoms with E-state index >= 15 is 0 Å². The summed E-state index contributed by atoms with van der Waals surface area (Å²) in [5.74, 6) is -0.272. The van der Waals surface area contributed by atoms with Crippen molar-refractivity contribution < 1.29 is 23.8 Å². The number of ether oxygens (including phenoxy) is 3. The number of carbonyl (C=O) groups is 2. The molecule has 32 heavy (non-hydrogen) atoms. The molecule has 3 rings (SSSR count). The van der Waals surface area contributed by atoms with Crippen molar-refractivity contribution in [2.45, 2.75) is 63.2 Å². The lowest BCUT2D eigenvalue weighted by molar-refractivity contribution is -0.151. The van der Waals surface area contributed by atoms with Gasteiger partial charge in [0.15, 0.2) is 0 Å². The fourth-order valence-corrected chi connectivity index (χ4v) is 4.47. The second-order valence-corrected chi connectivity index (χ2v) is 8.76. The van der Waals surface area contributed by atoms with Crippen molar-refractivity contribution in [1.29, 1.82) is 0 Å². The summed E-state index contributed by atoms with van der Waals surface area (Å²) in [6.07, 6.45) is 6.35. The Hall–Kier alpha value is -2.10. The molecule has 1 aromatic rings. The standard InChI is InChI=1S/C22H33ClN4O5/c1-30-18-13-27(11-9-19(28)32-14-6-4-3-5-7-14)10-8-17(18)25-21(29)15-12-16(23)20(24)26-22(15)31-2/h12,14,17-18H,3-11,13H2,1-2H3,(H2,24,26)(H,25,29)/t17-,18+/m0/s1. The first-order valence-corrected chi connectivity index (χ1v) is 11.5. The van der Waals surface area contributed by atoms with Gasteiger partial charge < -0.3 is 30.2 Å². The minimum absolute atomic E-state index is 0.0808. The summed E-state index contributed by atoms with van der Waals surface area (Å²) in [4.78, 5) is 31.2. The van der Waals surface area contributed by atoms with Crippen LogP contribution in [-0.2, 0) is 14.3 Å². The normalized spacial score (nSPS) is 22.3. The van der Waals surface area contributed by atoms with Crippen LogP contribution in [0, 0.1) is 0 Å². The smallest absolute Gasteiger partial charge is 0.307 e. The number of aromatic nitrogens is 1. The highest BCUT2D eigenvalue weighted by atomic mass is 35.5. The van der Waals surface area contributed by atoms with Gasteiger partial charge in [0.1, 0.15) is 17.5 Å². The molecule has 2 aliphatic rings. The zero-order chi connectivity index (χ0) is 23.1. The van der Waals surface area contributed by atoms with Gasteiger partial charge in [0.2, 0.25) is 5.88 Å². The number of carbonyl (C=O) groups excluding carboxylic acids is 2. The molecule has 1 aliphatic heterocycles. The zero-order valence-electron chi connectivity index (χ0n) is 18.8. The fourth-order valence-electron chi connectivity index (χ4n) is 4.31. The molecule has 0 spiro atoms. The lowest BCUT2D eigenvalue weighted by atomic mass is 9.98. The Morgan fingerprint density at radius 3 is 2.69 bits per heavy atom. The van der Waals surface area contributed by atoms with Gasteiger partial charge >= 0.3 is 5.97 Å². The number of nitrogens with one attached hydrogen (secondary N) is 1. The Labute approximate surface area is 193 Å². The van der Waals surface area contributed by atoms with Gasteiger partial charge in [-0.1, -0.05) is 18.0 Å². The SMILES string of the molecule is COc1nc(N)c(Cl)cc1C(=O)N[C@H]1CCN(CCC(=O)OC2CCCCC2)C[C@H]1OC. The molecule has 1 aliphatic carbocycles. The van der Waals surface area contributed by atoms with E-state index in [1.165, 1.54) is 19.6 Å². The number of pyridine rings is 1. The summed E-state index contributed by atoms with van der Waals surface area (Å²) in [6.45, 7) is 1.95. The lowest BCUT2D eigenvalue weighted by Crippen LogP contribution is -2.55. The van der Waals surface area contributed by atoms with E-state index < -0.39 is 0 Å². The number of hydrogen-bond donors (Lipinski definition) is 2. The number of nitrogen functional groups attached to an aromatic ring is 1. The van der Waals surface area contributed by atoms with E-state index in [0.29, 0.717) is 25.9 Å². The minimum Gasteiger partial charge on any atom is -0.480 e. The summed E-state index contributed by atoms with van der Waals surface area (Å²) in [6, 6.07) is 1.26. The van der Waals surface area contributed by atoms with Crippen molar-refractivity contribution in [2.24, 2.45) is 0 Å². The van der Waals surface area contributed by atoms with Gasteiger partial charge in [-0.05, 0) is 38.2 Å². The number of amides is 1. The number of methoxy groups -OCH3 is 2. The second-order valence-electron chi connectivity index (χ2n) is 8.36. The highest BCUT2D eigenvalue weighted by Crippen LogP contribution is 2.26. The minimum atomic E-state index is -0.354. The van der Waals surface area contributed by atoms with Gasteiger partial charge in [-0.2, -0.15) is 4.98 Å². The third-order valence-corrected chi connectivity index (χ3v) is 6.45. The maximum atomic E-state index is 12.8. The number of halogens is 1. The molecular formula is C22H33ClN4O5. The van der Waals surface area contributed by atoms with E-state index in [2.05, 4.69) is 15.2 Å². The number of rotatable bonds is 8. The summed E-state index contributed by atoms with van der Waals surface area (Å²) in [5.41, 5.74) is 5.91. The number of nitrogens with two attached hydrogens (primary N) is 1. The summed E-state index contributed by atoms with van der Waals surface area (Å²) < 4.78 is 16.4. The van der Waals surface area contributed by atoms with Gasteiger partial charge in [-0.15, -0.1) is 0 Å². The Morgan fingerprint density at radius 2 is 2.00 bits per heavy atom. The average Bonchev–Trinajstić information content (AvgIpc) is 2.80. The summed E-state index contributed by atoms with van der Waals surface area (Å²) >= 11 is 6.03. The maximum Gasteiger partial charge on any atom is 0.307 e. The number of hydrogen-bond acceptors (Lipinski definition) is 8. The van der Waals surface area contributed by atoms with Crippen LogP contribution in [0.1, 0.15) is 55.3 Å². The molecule has 178 valence electrons. The fraction of sp³-hybridized carbons (Fsp3) is 0.682. The van der Waals surface area contributed by atoms with Crippen LogP contribution in [0.2, 0.25) is 5.02 Å². The predicted molar refractivity (Wildman–Crippen MR) is 121 cm³/mol. The molecule has 0 unspecified atom stereocenters. The molecule has 1 amide bonds. The van der Waals surface area contributed by atoms with Gasteiger partial charge in [0.05, 0.1) is 30.7 Å². The van der Waals surface area contributed by atoms with Crippen LogP contribution in [0.4, 0.5) is 5.82 Å². The van der Waals surface area contributed by atoms with Crippen LogP contribution in [0.5, 0.6) is 5.88 Å². The Morgan fingerprint density at radius 1 is 1.25 bits per heavy atom. The van der Waals surface area contributed by atoms with Gasteiger partial charge in [-0.25, -0.2) is 0 Å². The Kier molecular flexibility index (Phi) is 8.95. The number of anilines is 1. The first-order chi connectivity index (χ1) is 15.4. The number of nitrogens with zero attached hydrogens (tertiary/aromatic N) is 2. The number of piperidine rings is 1. The number of esters is 1. The van der Waals surface area contributed by atoms with Crippen LogP contribution in [0.25, 0.3) is 0 Å². The molecule has 2 atom stereocenters. The third-order valence-electron chi connectivity index (χ3n) is 6.15. The average molecular weight is 469 g/mol. The van der Waals surface area contributed by atoms with E-state index in [1.807, 2.05) is 0 Å². The topological polar surface area (TPSA) is 116 Å². The molecule has 10 heteroatoms. The molecule has 0 radical (unpaired) electrons. The molecule has 9 nitrogen and oxygen atoms in total. The monoisotopic (exact) mass is 468 g/mol. The van der Waals surface area contributed by atoms with E-state index in [1.54, 1.807) is 7.11 Å². The van der Waals surface area contributed by atoms with E-state index in [9.17, 15) is 9.59 Å². The highest BCUT2D eigenvalue weighted by molar-refractivity contribution is 6.33. The van der Waals surface area contributed by atoms with Gasteiger partial charge in [-0.3, -0.25) is 9.59 Å². The molecule has 0 bridgehead atoms. The lowest BCUT2D eigenvalue weighted by Gasteiger charge is -2.38. The van der Waals surface area contributed by atoms with Gasteiger partial charge in [0.25, 0.3) is 5.91 Å². The highest BCUT2D eigenvalue weighted by Gasteiger charge is 2.32. The first-order valence-electron chi connectivity index (χ1n) is 11.2. The Bertz CT molecular complexity index is 803. The third kappa shape index (κ3) is 6.46. The molecule has 0 aromatic carbocycles. The van der Waals surface area contributed by atoms with Crippen LogP contribution >= 0.6 is 11.6 Å². The van der Waals surface area contributed by atoms with E-state index in [0.717, 1.165) is 32.2 Å². The van der Waals surface area contributed by atoms with Crippen molar-refractivity contribution in [1.82, 2.24) is 15.2 Å². The molecule has 2 fully saturated rings. The van der Waals surface area contributed by atoms with Crippen LogP contribution in [0.3, 0.4) is 0 Å². The van der Waals surface area contributed by atoms with Gasteiger partial charge in [0, 0.05) is 26.7 Å². The predicted octanol–water partition coefficient (Wildman–Crippen LogP) is 2.41. The largest absolute Gasteiger partial charge is 0.480 e. The molecular weight excluding hydrogens is 436 g/mol. The van der Waals surface area contributed by atoms with E-state index in [4.69, 9.17) is 31.5 Å². The van der Waals surface area contributed by atoms with Crippen LogP contribution < -0.4 is 15.8 Å². The molecule has 1 saturated carbocycles. The molecule has 3 N–H and O–H groups in total. The molecule has 1 aromatic heterocycles. The first kappa shape index (κ1) is 24.5. The van der Waals surface area contributed by atoms with Crippen molar-refractivity contribution in [3.63, 3.8) is 0 Å². The quantitative estimate of drug-likeness (QED) is 0.559. The van der Waals surface area contributed by atoms with Crippen molar-refractivity contribution in [2.75, 3.05) is 39.6 Å². The molecule has 1 saturated heterocycles.